The zero-order valence-electron chi connectivity index (χ0n) is 15.9. The van der Waals surface area contributed by atoms with Crippen molar-refractivity contribution >= 4 is 11.0 Å². The average Bonchev–Trinajstić information content (AvgIpc) is 3.26. The van der Waals surface area contributed by atoms with E-state index < -0.39 is 0 Å². The van der Waals surface area contributed by atoms with Crippen LogP contribution in [0.1, 0.15) is 32.6 Å². The molecule has 2 aliphatic rings. The predicted molar refractivity (Wildman–Crippen MR) is 104 cm³/mol. The summed E-state index contributed by atoms with van der Waals surface area (Å²) < 4.78 is 20.2. The van der Waals surface area contributed by atoms with Crippen molar-refractivity contribution in [2.45, 2.75) is 39.7 Å². The minimum absolute atomic E-state index is 0.000595. The van der Waals surface area contributed by atoms with E-state index in [2.05, 4.69) is 49.6 Å². The molecule has 0 saturated carbocycles. The van der Waals surface area contributed by atoms with Gasteiger partial charge >= 0.3 is 0 Å². The molecule has 0 amide bonds. The molecule has 0 N–H and O–H groups in total. The van der Waals surface area contributed by atoms with Crippen LogP contribution in [0, 0.1) is 5.41 Å². The standard InChI is InChI=1S/C22H24N2O3/c1-22(2,3)18-13-24-16-9-6-8-15(21-25-11-12-26-21)19(16)23-20(24)14-7-4-5-10-17(14)27-18/h4-10,18,21H,11-13H2,1-3H3/t18-/m1/s1. The van der Waals surface area contributed by atoms with E-state index in [0.29, 0.717) is 13.2 Å². The van der Waals surface area contributed by atoms with E-state index in [9.17, 15) is 0 Å². The number of hydrogen-bond donors (Lipinski definition) is 0. The highest BCUT2D eigenvalue weighted by atomic mass is 16.7. The first-order valence-electron chi connectivity index (χ1n) is 9.51. The first kappa shape index (κ1) is 16.8. The van der Waals surface area contributed by atoms with E-state index in [1.54, 1.807) is 0 Å². The Labute approximate surface area is 158 Å². The number of rotatable bonds is 1. The first-order chi connectivity index (χ1) is 13.0. The van der Waals surface area contributed by atoms with Crippen molar-refractivity contribution in [3.8, 4) is 17.1 Å². The zero-order chi connectivity index (χ0) is 18.6. The third kappa shape index (κ3) is 2.73. The molecule has 0 aliphatic carbocycles. The fourth-order valence-corrected chi connectivity index (χ4v) is 3.85. The Morgan fingerprint density at radius 1 is 1.00 bits per heavy atom. The minimum atomic E-state index is -0.335. The molecule has 0 unspecified atom stereocenters. The van der Waals surface area contributed by atoms with E-state index >= 15 is 0 Å². The normalized spacial score (nSPS) is 20.2. The molecular formula is C22H24N2O3. The maximum absolute atomic E-state index is 6.43. The third-order valence-electron chi connectivity index (χ3n) is 5.40. The number of benzene rings is 2. The van der Waals surface area contributed by atoms with E-state index in [0.717, 1.165) is 40.3 Å². The summed E-state index contributed by atoms with van der Waals surface area (Å²) in [6.45, 7) is 8.65. The fraction of sp³-hybridized carbons (Fsp3) is 0.409. The molecule has 5 heteroatoms. The van der Waals surface area contributed by atoms with Crippen LogP contribution in [-0.2, 0) is 16.0 Å². The predicted octanol–water partition coefficient (Wildman–Crippen LogP) is 4.56. The SMILES string of the molecule is CC(C)(C)[C@H]1Cn2c(nc3c(C4OCCO4)cccc32)-c2ccccc2O1. The molecule has 1 atom stereocenters. The lowest BCUT2D eigenvalue weighted by molar-refractivity contribution is -0.0431. The van der Waals surface area contributed by atoms with E-state index in [1.807, 2.05) is 18.2 Å². The van der Waals surface area contributed by atoms with Crippen molar-refractivity contribution in [2.75, 3.05) is 13.2 Å². The van der Waals surface area contributed by atoms with E-state index in [-0.39, 0.29) is 17.8 Å². The topological polar surface area (TPSA) is 45.5 Å². The molecular weight excluding hydrogens is 340 g/mol. The lowest BCUT2D eigenvalue weighted by Gasteiger charge is -2.30. The summed E-state index contributed by atoms with van der Waals surface area (Å²) in [6, 6.07) is 14.4. The highest BCUT2D eigenvalue weighted by molar-refractivity contribution is 5.85. The van der Waals surface area contributed by atoms with Gasteiger partial charge in [-0.1, -0.05) is 45.0 Å². The highest BCUT2D eigenvalue weighted by Crippen LogP contribution is 2.40. The molecule has 140 valence electrons. The van der Waals surface area contributed by atoms with Gasteiger partial charge in [-0.2, -0.15) is 0 Å². The van der Waals surface area contributed by atoms with E-state index in [4.69, 9.17) is 19.2 Å². The van der Waals surface area contributed by atoms with Crippen LogP contribution in [0.2, 0.25) is 0 Å². The van der Waals surface area contributed by atoms with Gasteiger partial charge < -0.3 is 18.8 Å². The van der Waals surface area contributed by atoms with Crippen LogP contribution in [0.4, 0.5) is 0 Å². The van der Waals surface area contributed by atoms with Crippen molar-refractivity contribution in [3.63, 3.8) is 0 Å². The van der Waals surface area contributed by atoms with Crippen LogP contribution < -0.4 is 4.74 Å². The second-order valence-electron chi connectivity index (χ2n) is 8.30. The summed E-state index contributed by atoms with van der Waals surface area (Å²) in [5.41, 5.74) is 4.07. The lowest BCUT2D eigenvalue weighted by Crippen LogP contribution is -2.35. The van der Waals surface area contributed by atoms with Gasteiger partial charge in [0.1, 0.15) is 17.7 Å². The molecule has 1 aromatic heterocycles. The van der Waals surface area contributed by atoms with Crippen LogP contribution in [0.15, 0.2) is 42.5 Å². The Morgan fingerprint density at radius 3 is 2.56 bits per heavy atom. The Balaban J connectivity index is 1.75. The summed E-state index contributed by atoms with van der Waals surface area (Å²) in [7, 11) is 0. The maximum Gasteiger partial charge on any atom is 0.186 e. The number of nitrogens with zero attached hydrogens (tertiary/aromatic N) is 2. The molecule has 1 fully saturated rings. The monoisotopic (exact) mass is 364 g/mol. The summed E-state index contributed by atoms with van der Waals surface area (Å²) in [4.78, 5) is 5.04. The number of fused-ring (bicyclic) bond motifs is 5. The molecule has 1 saturated heterocycles. The molecule has 27 heavy (non-hydrogen) atoms. The van der Waals surface area contributed by atoms with Gasteiger partial charge in [0.2, 0.25) is 0 Å². The number of aromatic nitrogens is 2. The van der Waals surface area contributed by atoms with Gasteiger partial charge in [-0.3, -0.25) is 0 Å². The van der Waals surface area contributed by atoms with Crippen LogP contribution in [0.25, 0.3) is 22.4 Å². The molecule has 5 rings (SSSR count). The van der Waals surface area contributed by atoms with Crippen LogP contribution >= 0.6 is 0 Å². The minimum Gasteiger partial charge on any atom is -0.487 e. The second-order valence-corrected chi connectivity index (χ2v) is 8.30. The Morgan fingerprint density at radius 2 is 1.78 bits per heavy atom. The van der Waals surface area contributed by atoms with Crippen molar-refractivity contribution in [3.05, 3.63) is 48.0 Å². The number of para-hydroxylation sites is 2. The quantitative estimate of drug-likeness (QED) is 0.635. The first-order valence-corrected chi connectivity index (χ1v) is 9.51. The van der Waals surface area contributed by atoms with Gasteiger partial charge in [-0.25, -0.2) is 4.98 Å². The fourth-order valence-electron chi connectivity index (χ4n) is 3.85. The second kappa shape index (κ2) is 6.08. The number of imidazole rings is 1. The maximum atomic E-state index is 6.43. The summed E-state index contributed by atoms with van der Waals surface area (Å²) >= 11 is 0. The molecule has 3 heterocycles. The molecule has 5 nitrogen and oxygen atoms in total. The van der Waals surface area contributed by atoms with Crippen LogP contribution in [0.5, 0.6) is 5.75 Å². The van der Waals surface area contributed by atoms with Crippen molar-refractivity contribution in [1.82, 2.24) is 9.55 Å². The van der Waals surface area contributed by atoms with Gasteiger partial charge in [0, 0.05) is 11.0 Å². The van der Waals surface area contributed by atoms with Crippen LogP contribution in [0.3, 0.4) is 0 Å². The number of hydrogen-bond acceptors (Lipinski definition) is 4. The molecule has 0 radical (unpaired) electrons. The summed E-state index contributed by atoms with van der Waals surface area (Å²) in [5, 5.41) is 0. The third-order valence-corrected chi connectivity index (χ3v) is 5.40. The van der Waals surface area contributed by atoms with Gasteiger partial charge in [-0.15, -0.1) is 0 Å². The summed E-state index contributed by atoms with van der Waals surface area (Å²) in [6.07, 6.45) is -0.294. The Bertz CT molecular complexity index is 996. The Hall–Kier alpha value is -2.37. The molecule has 0 bridgehead atoms. The van der Waals surface area contributed by atoms with Gasteiger partial charge in [0.05, 0.1) is 36.4 Å². The number of ether oxygens (including phenoxy) is 3. The zero-order valence-corrected chi connectivity index (χ0v) is 15.9. The van der Waals surface area contributed by atoms with Crippen molar-refractivity contribution in [2.24, 2.45) is 5.41 Å². The highest BCUT2D eigenvalue weighted by Gasteiger charge is 2.33. The van der Waals surface area contributed by atoms with Crippen molar-refractivity contribution < 1.29 is 14.2 Å². The van der Waals surface area contributed by atoms with Gasteiger partial charge in [-0.05, 0) is 18.2 Å². The van der Waals surface area contributed by atoms with Gasteiger partial charge in [0.25, 0.3) is 0 Å². The molecule has 0 spiro atoms. The molecule has 3 aromatic rings. The van der Waals surface area contributed by atoms with Crippen LogP contribution in [-0.4, -0.2) is 28.9 Å². The Kier molecular flexibility index (Phi) is 3.78. The average molecular weight is 364 g/mol. The largest absolute Gasteiger partial charge is 0.487 e. The summed E-state index contributed by atoms with van der Waals surface area (Å²) in [5.74, 6) is 1.83. The van der Waals surface area contributed by atoms with Crippen molar-refractivity contribution in [1.29, 1.82) is 0 Å². The molecule has 2 aliphatic heterocycles. The lowest BCUT2D eigenvalue weighted by atomic mass is 9.89. The smallest absolute Gasteiger partial charge is 0.186 e. The molecule has 2 aromatic carbocycles. The van der Waals surface area contributed by atoms with Gasteiger partial charge in [0.15, 0.2) is 6.29 Å². The van der Waals surface area contributed by atoms with E-state index in [1.165, 1.54) is 0 Å².